The van der Waals surface area contributed by atoms with Crippen molar-refractivity contribution in [3.05, 3.63) is 59.0 Å². The third-order valence-corrected chi connectivity index (χ3v) is 4.14. The van der Waals surface area contributed by atoms with Crippen LogP contribution in [-0.4, -0.2) is 42.0 Å². The molecule has 1 aromatic heterocycles. The number of rotatable bonds is 3. The summed E-state index contributed by atoms with van der Waals surface area (Å²) in [6, 6.07) is 12.1. The number of carbonyl (C=O) groups excluding carboxylic acids is 1. The van der Waals surface area contributed by atoms with Crippen LogP contribution in [0.3, 0.4) is 0 Å². The van der Waals surface area contributed by atoms with Crippen molar-refractivity contribution >= 4 is 23.3 Å². The first-order chi connectivity index (χ1) is 11.1. The first-order valence-corrected chi connectivity index (χ1v) is 7.89. The quantitative estimate of drug-likeness (QED) is 0.810. The van der Waals surface area contributed by atoms with Crippen molar-refractivity contribution in [2.75, 3.05) is 31.1 Å². The van der Waals surface area contributed by atoms with E-state index in [1.54, 1.807) is 18.2 Å². The lowest BCUT2D eigenvalue weighted by Gasteiger charge is -2.35. The van der Waals surface area contributed by atoms with Gasteiger partial charge in [0.25, 0.3) is 0 Å². The largest absolute Gasteiger partial charge is 0.353 e. The highest BCUT2D eigenvalue weighted by Gasteiger charge is 2.22. The molecule has 2 aromatic rings. The van der Waals surface area contributed by atoms with Crippen LogP contribution in [0.4, 0.5) is 10.2 Å². The van der Waals surface area contributed by atoms with Crippen molar-refractivity contribution in [1.29, 1.82) is 0 Å². The normalized spacial score (nSPS) is 14.9. The molecule has 1 aromatic carbocycles. The van der Waals surface area contributed by atoms with E-state index in [0.717, 1.165) is 5.56 Å². The summed E-state index contributed by atoms with van der Waals surface area (Å²) in [6.45, 7) is 2.52. The number of anilines is 1. The maximum Gasteiger partial charge on any atom is 0.227 e. The van der Waals surface area contributed by atoms with E-state index in [-0.39, 0.29) is 5.91 Å². The smallest absolute Gasteiger partial charge is 0.227 e. The van der Waals surface area contributed by atoms with Crippen LogP contribution < -0.4 is 4.90 Å². The van der Waals surface area contributed by atoms with Gasteiger partial charge in [-0.15, -0.1) is 0 Å². The van der Waals surface area contributed by atoms with Crippen LogP contribution in [0.25, 0.3) is 0 Å². The molecule has 0 atom stereocenters. The van der Waals surface area contributed by atoms with Crippen LogP contribution in [0.1, 0.15) is 5.56 Å². The Morgan fingerprint density at radius 2 is 1.87 bits per heavy atom. The van der Waals surface area contributed by atoms with E-state index in [9.17, 15) is 9.18 Å². The highest BCUT2D eigenvalue weighted by molar-refractivity contribution is 6.30. The molecule has 2 heterocycles. The SMILES string of the molecule is O=C(Cc1cccc(Cl)c1)N1CCN(c2cccc(F)n2)CC1. The number of hydrogen-bond acceptors (Lipinski definition) is 3. The van der Waals surface area contributed by atoms with Gasteiger partial charge >= 0.3 is 0 Å². The minimum atomic E-state index is -0.484. The van der Waals surface area contributed by atoms with E-state index in [0.29, 0.717) is 43.4 Å². The van der Waals surface area contributed by atoms with E-state index < -0.39 is 5.95 Å². The summed E-state index contributed by atoms with van der Waals surface area (Å²) in [6.07, 6.45) is 0.346. The minimum Gasteiger partial charge on any atom is -0.353 e. The summed E-state index contributed by atoms with van der Waals surface area (Å²) in [5, 5.41) is 0.636. The van der Waals surface area contributed by atoms with Gasteiger partial charge in [0.05, 0.1) is 6.42 Å². The van der Waals surface area contributed by atoms with E-state index in [1.807, 2.05) is 28.0 Å². The molecule has 0 saturated carbocycles. The van der Waals surface area contributed by atoms with Crippen LogP contribution in [0.5, 0.6) is 0 Å². The zero-order valence-electron chi connectivity index (χ0n) is 12.6. The highest BCUT2D eigenvalue weighted by atomic mass is 35.5. The third-order valence-electron chi connectivity index (χ3n) is 3.90. The Morgan fingerprint density at radius 3 is 2.57 bits per heavy atom. The second kappa shape index (κ2) is 6.96. The first kappa shape index (κ1) is 15.7. The maximum absolute atomic E-state index is 13.2. The Balaban J connectivity index is 1.57. The fraction of sp³-hybridized carbons (Fsp3) is 0.294. The number of amides is 1. The van der Waals surface area contributed by atoms with Gasteiger partial charge < -0.3 is 9.80 Å². The van der Waals surface area contributed by atoms with Crippen LogP contribution in [0.15, 0.2) is 42.5 Å². The molecule has 23 heavy (non-hydrogen) atoms. The highest BCUT2D eigenvalue weighted by Crippen LogP contribution is 2.16. The second-order valence-electron chi connectivity index (χ2n) is 5.49. The minimum absolute atomic E-state index is 0.0825. The van der Waals surface area contributed by atoms with Gasteiger partial charge in [-0.1, -0.05) is 29.8 Å². The summed E-state index contributed by atoms with van der Waals surface area (Å²) in [5.41, 5.74) is 0.914. The molecule has 0 bridgehead atoms. The average Bonchev–Trinajstić information content (AvgIpc) is 2.55. The van der Waals surface area contributed by atoms with Crippen molar-refractivity contribution in [3.63, 3.8) is 0 Å². The van der Waals surface area contributed by atoms with E-state index in [1.165, 1.54) is 6.07 Å². The van der Waals surface area contributed by atoms with E-state index >= 15 is 0 Å². The molecule has 3 rings (SSSR count). The third kappa shape index (κ3) is 3.99. The Morgan fingerprint density at radius 1 is 1.13 bits per heavy atom. The molecule has 0 radical (unpaired) electrons. The van der Waals surface area contributed by atoms with Gasteiger partial charge in [0.2, 0.25) is 11.9 Å². The molecule has 1 aliphatic rings. The molecule has 6 heteroatoms. The lowest BCUT2D eigenvalue weighted by molar-refractivity contribution is -0.130. The summed E-state index contributed by atoms with van der Waals surface area (Å²) < 4.78 is 13.2. The van der Waals surface area contributed by atoms with Gasteiger partial charge in [-0.25, -0.2) is 4.98 Å². The van der Waals surface area contributed by atoms with Crippen LogP contribution >= 0.6 is 11.6 Å². The van der Waals surface area contributed by atoms with Gasteiger partial charge in [0.1, 0.15) is 5.82 Å². The summed E-state index contributed by atoms with van der Waals surface area (Å²) in [7, 11) is 0. The number of nitrogens with zero attached hydrogens (tertiary/aromatic N) is 3. The molecule has 1 saturated heterocycles. The van der Waals surface area contributed by atoms with Gasteiger partial charge in [-0.05, 0) is 29.8 Å². The number of carbonyl (C=O) groups is 1. The van der Waals surface area contributed by atoms with Crippen molar-refractivity contribution in [2.24, 2.45) is 0 Å². The van der Waals surface area contributed by atoms with E-state index in [2.05, 4.69) is 4.98 Å². The van der Waals surface area contributed by atoms with Gasteiger partial charge in [0.15, 0.2) is 0 Å². The van der Waals surface area contributed by atoms with Gasteiger partial charge in [-0.2, -0.15) is 4.39 Å². The molecule has 0 aliphatic carbocycles. The molecular formula is C17H17ClFN3O. The predicted octanol–water partition coefficient (Wildman–Crippen LogP) is 2.77. The van der Waals surface area contributed by atoms with Gasteiger partial charge in [-0.3, -0.25) is 4.79 Å². The number of hydrogen-bond donors (Lipinski definition) is 0. The van der Waals surface area contributed by atoms with Crippen LogP contribution in [0.2, 0.25) is 5.02 Å². The lowest BCUT2D eigenvalue weighted by Crippen LogP contribution is -2.49. The zero-order chi connectivity index (χ0) is 16.2. The maximum atomic E-state index is 13.2. The molecule has 0 spiro atoms. The Labute approximate surface area is 139 Å². The van der Waals surface area contributed by atoms with Crippen molar-refractivity contribution in [3.8, 4) is 0 Å². The Hall–Kier alpha value is -2.14. The number of piperazine rings is 1. The zero-order valence-corrected chi connectivity index (χ0v) is 13.3. The number of halogens is 2. The van der Waals surface area contributed by atoms with Crippen molar-refractivity contribution in [1.82, 2.24) is 9.88 Å². The van der Waals surface area contributed by atoms with Crippen LogP contribution in [-0.2, 0) is 11.2 Å². The van der Waals surface area contributed by atoms with Crippen molar-refractivity contribution < 1.29 is 9.18 Å². The molecular weight excluding hydrogens is 317 g/mol. The molecule has 1 amide bonds. The van der Waals surface area contributed by atoms with Crippen molar-refractivity contribution in [2.45, 2.75) is 6.42 Å². The Bertz CT molecular complexity index is 702. The summed E-state index contributed by atoms with van der Waals surface area (Å²) in [5.74, 6) is 0.216. The fourth-order valence-corrected chi connectivity index (χ4v) is 2.90. The molecule has 0 N–H and O–H groups in total. The molecule has 1 fully saturated rings. The standard InChI is InChI=1S/C17H17ClFN3O/c18-14-4-1-3-13(11-14)12-17(23)22-9-7-21(8-10-22)16-6-2-5-15(19)20-16/h1-6,11H,7-10,12H2. The monoisotopic (exact) mass is 333 g/mol. The first-order valence-electron chi connectivity index (χ1n) is 7.51. The molecule has 0 unspecified atom stereocenters. The number of pyridine rings is 1. The second-order valence-corrected chi connectivity index (χ2v) is 5.93. The molecule has 1 aliphatic heterocycles. The predicted molar refractivity (Wildman–Crippen MR) is 88.1 cm³/mol. The van der Waals surface area contributed by atoms with E-state index in [4.69, 9.17) is 11.6 Å². The fourth-order valence-electron chi connectivity index (χ4n) is 2.69. The number of aromatic nitrogens is 1. The topological polar surface area (TPSA) is 36.4 Å². The Kier molecular flexibility index (Phi) is 4.76. The van der Waals surface area contributed by atoms with Crippen LogP contribution in [0, 0.1) is 5.95 Å². The molecule has 120 valence electrons. The van der Waals surface area contributed by atoms with Gasteiger partial charge in [0, 0.05) is 31.2 Å². The summed E-state index contributed by atoms with van der Waals surface area (Å²) >= 11 is 5.94. The number of benzene rings is 1. The lowest BCUT2D eigenvalue weighted by atomic mass is 10.1. The average molecular weight is 334 g/mol. The molecule has 4 nitrogen and oxygen atoms in total. The summed E-state index contributed by atoms with van der Waals surface area (Å²) in [4.78, 5) is 20.1.